The van der Waals surface area contributed by atoms with Crippen LogP contribution in [-0.2, 0) is 17.8 Å². The second kappa shape index (κ2) is 7.35. The lowest BCUT2D eigenvalue weighted by Gasteiger charge is -2.64. The molecule has 1 spiro atoms. The zero-order valence-corrected chi connectivity index (χ0v) is 19.4. The van der Waals surface area contributed by atoms with Crippen LogP contribution in [-0.4, -0.2) is 32.8 Å². The average molecular weight is 429 g/mol. The molecule has 5 nitrogen and oxygen atoms in total. The molecule has 5 unspecified atom stereocenters. The SMILES string of the molecule is CC(=O)/C=C/c1c(CO)cc(O)c2c1OC1(C2)C(C)CCC2C(C)(C)C(O)CCC21C. The molecule has 2 fully saturated rings. The lowest BCUT2D eigenvalue weighted by atomic mass is 9.43. The van der Waals surface area contributed by atoms with Gasteiger partial charge in [-0.25, -0.2) is 0 Å². The molecule has 3 aliphatic rings. The minimum atomic E-state index is -0.500. The van der Waals surface area contributed by atoms with Gasteiger partial charge in [0.15, 0.2) is 5.78 Å². The maximum Gasteiger partial charge on any atom is 0.152 e. The lowest BCUT2D eigenvalue weighted by molar-refractivity contribution is -0.210. The van der Waals surface area contributed by atoms with Crippen LogP contribution in [0.1, 0.15) is 77.0 Å². The minimum Gasteiger partial charge on any atom is -0.508 e. The highest BCUT2D eigenvalue weighted by molar-refractivity contribution is 5.92. The fourth-order valence-corrected chi connectivity index (χ4v) is 7.08. The summed E-state index contributed by atoms with van der Waals surface area (Å²) in [4.78, 5) is 11.6. The summed E-state index contributed by atoms with van der Waals surface area (Å²) in [5.41, 5.74) is 1.11. The van der Waals surface area contributed by atoms with Gasteiger partial charge in [-0.2, -0.15) is 0 Å². The fourth-order valence-electron chi connectivity index (χ4n) is 7.08. The molecule has 0 aromatic heterocycles. The van der Waals surface area contributed by atoms with Gasteiger partial charge >= 0.3 is 0 Å². The van der Waals surface area contributed by atoms with Gasteiger partial charge in [-0.15, -0.1) is 0 Å². The van der Waals surface area contributed by atoms with Gasteiger partial charge in [0.05, 0.1) is 12.7 Å². The summed E-state index contributed by atoms with van der Waals surface area (Å²) in [7, 11) is 0. The number of aliphatic hydroxyl groups excluding tert-OH is 2. The predicted octanol–water partition coefficient (Wildman–Crippen LogP) is 4.39. The van der Waals surface area contributed by atoms with Gasteiger partial charge in [-0.1, -0.05) is 27.7 Å². The molecule has 2 aliphatic carbocycles. The number of rotatable bonds is 3. The van der Waals surface area contributed by atoms with Crippen molar-refractivity contribution in [3.8, 4) is 11.5 Å². The molecule has 4 rings (SSSR count). The lowest BCUT2D eigenvalue weighted by Crippen LogP contribution is -2.66. The molecule has 170 valence electrons. The van der Waals surface area contributed by atoms with Crippen LogP contribution < -0.4 is 4.74 Å². The normalized spacial score (nSPS) is 36.3. The Morgan fingerprint density at radius 2 is 1.97 bits per heavy atom. The largest absolute Gasteiger partial charge is 0.508 e. The summed E-state index contributed by atoms with van der Waals surface area (Å²) in [5.74, 6) is 1.22. The smallest absolute Gasteiger partial charge is 0.152 e. The molecule has 5 atom stereocenters. The molecule has 2 saturated carbocycles. The van der Waals surface area contributed by atoms with Crippen molar-refractivity contribution >= 4 is 11.9 Å². The topological polar surface area (TPSA) is 87.0 Å². The Morgan fingerprint density at radius 3 is 2.61 bits per heavy atom. The minimum absolute atomic E-state index is 0.0838. The van der Waals surface area contributed by atoms with E-state index in [1.165, 1.54) is 13.0 Å². The predicted molar refractivity (Wildman–Crippen MR) is 120 cm³/mol. The third-order valence-corrected chi connectivity index (χ3v) is 8.98. The zero-order valence-electron chi connectivity index (χ0n) is 19.4. The molecule has 0 saturated heterocycles. The van der Waals surface area contributed by atoms with Crippen LogP contribution in [0.25, 0.3) is 6.08 Å². The van der Waals surface area contributed by atoms with Gasteiger partial charge in [-0.3, -0.25) is 4.79 Å². The number of carbonyl (C=O) groups excluding carboxylic acids is 1. The van der Waals surface area contributed by atoms with Gasteiger partial charge < -0.3 is 20.1 Å². The molecule has 3 N–H and O–H groups in total. The Balaban J connectivity index is 1.87. The molecule has 1 aliphatic heterocycles. The molecule has 1 aromatic rings. The van der Waals surface area contributed by atoms with Gasteiger partial charge in [0.1, 0.15) is 17.1 Å². The maximum absolute atomic E-state index is 11.6. The molecule has 1 aromatic carbocycles. The van der Waals surface area contributed by atoms with E-state index in [0.29, 0.717) is 29.2 Å². The first kappa shape index (κ1) is 22.3. The number of hydrogen-bond donors (Lipinski definition) is 3. The van der Waals surface area contributed by atoms with Gasteiger partial charge in [0, 0.05) is 23.0 Å². The summed E-state index contributed by atoms with van der Waals surface area (Å²) in [6.45, 7) is 10.1. The second-order valence-corrected chi connectivity index (χ2v) is 10.9. The van der Waals surface area contributed by atoms with Crippen molar-refractivity contribution in [1.29, 1.82) is 0 Å². The Hall–Kier alpha value is -1.85. The number of aliphatic hydroxyl groups is 2. The Kier molecular flexibility index (Phi) is 5.30. The van der Waals surface area contributed by atoms with E-state index in [4.69, 9.17) is 4.74 Å². The summed E-state index contributed by atoms with van der Waals surface area (Å²) in [6.07, 6.45) is 7.10. The van der Waals surface area contributed by atoms with Crippen LogP contribution in [0.4, 0.5) is 0 Å². The number of fused-ring (bicyclic) bond motifs is 3. The van der Waals surface area contributed by atoms with E-state index >= 15 is 0 Å². The number of carbonyl (C=O) groups is 1. The van der Waals surface area contributed by atoms with E-state index < -0.39 is 5.60 Å². The highest BCUT2D eigenvalue weighted by atomic mass is 16.5. The first-order valence-electron chi connectivity index (χ1n) is 11.5. The summed E-state index contributed by atoms with van der Waals surface area (Å²) >= 11 is 0. The van der Waals surface area contributed by atoms with E-state index in [1.54, 1.807) is 12.1 Å². The van der Waals surface area contributed by atoms with Gasteiger partial charge in [0.2, 0.25) is 0 Å². The quantitative estimate of drug-likeness (QED) is 0.622. The second-order valence-electron chi connectivity index (χ2n) is 10.9. The molecule has 31 heavy (non-hydrogen) atoms. The van der Waals surface area contributed by atoms with Crippen LogP contribution in [0.3, 0.4) is 0 Å². The van der Waals surface area contributed by atoms with Crippen molar-refractivity contribution in [2.75, 3.05) is 0 Å². The zero-order chi connectivity index (χ0) is 22.8. The third-order valence-electron chi connectivity index (χ3n) is 8.98. The Labute approximate surface area is 185 Å². The molecule has 0 radical (unpaired) electrons. The number of allylic oxidation sites excluding steroid dienone is 1. The van der Waals surface area contributed by atoms with Crippen molar-refractivity contribution in [3.05, 3.63) is 28.8 Å². The number of aromatic hydroxyl groups is 1. The van der Waals surface area contributed by atoms with E-state index in [1.807, 2.05) is 0 Å². The van der Waals surface area contributed by atoms with Crippen molar-refractivity contribution in [2.24, 2.45) is 22.7 Å². The standard InChI is InChI=1S/C26H36O5/c1-15-6-9-21-24(3,4)22(30)10-11-25(21,5)26(15)13-19-20(29)12-17(14-27)18(23(19)31-26)8-7-16(2)28/h7-8,12,15,21-22,27,29-30H,6,9-11,13-14H2,1-5H3/b8-7+. The van der Waals surface area contributed by atoms with Crippen molar-refractivity contribution in [2.45, 2.75) is 85.0 Å². The van der Waals surface area contributed by atoms with Crippen molar-refractivity contribution in [3.63, 3.8) is 0 Å². The molecule has 5 heteroatoms. The Bertz CT molecular complexity index is 932. The van der Waals surface area contributed by atoms with E-state index in [0.717, 1.165) is 31.2 Å². The van der Waals surface area contributed by atoms with Crippen LogP contribution in [0.2, 0.25) is 0 Å². The first-order chi connectivity index (χ1) is 14.5. The molecule has 0 bridgehead atoms. The number of phenolic OH excluding ortho intramolecular Hbond substituents is 1. The van der Waals surface area contributed by atoms with Crippen molar-refractivity contribution in [1.82, 2.24) is 0 Å². The van der Waals surface area contributed by atoms with Crippen LogP contribution in [0, 0.1) is 22.7 Å². The monoisotopic (exact) mass is 428 g/mol. The highest BCUT2D eigenvalue weighted by Gasteiger charge is 2.67. The Morgan fingerprint density at radius 1 is 1.26 bits per heavy atom. The summed E-state index contributed by atoms with van der Waals surface area (Å²) < 4.78 is 6.92. The number of ether oxygens (including phenoxy) is 1. The molecular weight excluding hydrogens is 392 g/mol. The number of benzene rings is 1. The third kappa shape index (κ3) is 3.07. The molecule has 0 amide bonds. The van der Waals surface area contributed by atoms with Crippen molar-refractivity contribution < 1.29 is 24.9 Å². The van der Waals surface area contributed by atoms with Crippen LogP contribution in [0.5, 0.6) is 11.5 Å². The summed E-state index contributed by atoms with van der Waals surface area (Å²) in [6, 6.07) is 1.60. The van der Waals surface area contributed by atoms with E-state index in [-0.39, 0.29) is 41.0 Å². The molecular formula is C26H36O5. The molecule has 1 heterocycles. The summed E-state index contributed by atoms with van der Waals surface area (Å²) in [5, 5.41) is 31.6. The van der Waals surface area contributed by atoms with E-state index in [9.17, 15) is 20.1 Å². The van der Waals surface area contributed by atoms with Crippen LogP contribution >= 0.6 is 0 Å². The number of ketones is 1. The van der Waals surface area contributed by atoms with Gasteiger partial charge in [-0.05, 0) is 73.6 Å². The maximum atomic E-state index is 11.6. The number of phenols is 1. The van der Waals surface area contributed by atoms with Gasteiger partial charge in [0.25, 0.3) is 0 Å². The van der Waals surface area contributed by atoms with E-state index in [2.05, 4.69) is 27.7 Å². The highest BCUT2D eigenvalue weighted by Crippen LogP contribution is 2.67. The van der Waals surface area contributed by atoms with Crippen LogP contribution in [0.15, 0.2) is 12.1 Å². The average Bonchev–Trinajstić information content (AvgIpc) is 3.11. The first-order valence-corrected chi connectivity index (χ1v) is 11.5. The number of hydrogen-bond acceptors (Lipinski definition) is 5. The fraction of sp³-hybridized carbons (Fsp3) is 0.654.